The molecule has 4 fully saturated rings. The van der Waals surface area contributed by atoms with E-state index in [4.69, 9.17) is 23.7 Å². The predicted octanol–water partition coefficient (Wildman–Crippen LogP) is 2.96. The molecule has 5 aliphatic heterocycles. The summed E-state index contributed by atoms with van der Waals surface area (Å²) in [5.41, 5.74) is -1.69. The van der Waals surface area contributed by atoms with Crippen molar-refractivity contribution in [3.05, 3.63) is 12.2 Å². The first-order valence-electron chi connectivity index (χ1n) is 23.5. The molecular formula is C47H79N2NaO11. The second-order valence-electron chi connectivity index (χ2n) is 19.7. The van der Waals surface area contributed by atoms with Crippen LogP contribution in [0.2, 0.25) is 0 Å². The number of aliphatic carboxylic acids is 1. The van der Waals surface area contributed by atoms with Crippen molar-refractivity contribution < 1.29 is 82.9 Å². The average molecular weight is 871 g/mol. The molecule has 0 bridgehead atoms. The van der Waals surface area contributed by atoms with Gasteiger partial charge in [0.25, 0.3) is 0 Å². The zero-order valence-corrected chi connectivity index (χ0v) is 41.5. The fraction of sp³-hybridized carbons (Fsp3) is 0.894. The third-order valence-electron chi connectivity index (χ3n) is 15.6. The number of carbonyl (C=O) groups excluding carboxylic acids is 3. The number of ether oxygens (including phenoxy) is 5. The molecule has 0 aromatic carbocycles. The summed E-state index contributed by atoms with van der Waals surface area (Å²) in [6.07, 6.45) is 8.19. The predicted molar refractivity (Wildman–Crippen MR) is 225 cm³/mol. The van der Waals surface area contributed by atoms with E-state index in [-0.39, 0.29) is 71.3 Å². The number of hydrogen-bond acceptors (Lipinski definition) is 11. The second-order valence-corrected chi connectivity index (χ2v) is 19.7. The number of Topliss-reactive ketones (excluding diaryl/α,β-unsaturated/α-hetero) is 1. The molecule has 344 valence electrons. The van der Waals surface area contributed by atoms with Gasteiger partial charge in [-0.05, 0) is 96.0 Å². The molecule has 5 heterocycles. The molecule has 0 aliphatic carbocycles. The SMILES string of the molecule is CCCCNC(=O)N[C@H]1C=C[C@]2(O[C@H]([C@@H](CC)C(=O)[C@@H](C)[C@@H](O)[C@H](C)[C@@H]3O[C@@H]([C@@H](CC)C(=O)[O-])CC[C@@H]3C)[C@@H](C)C[C@H]2C)O[C@@]12CC[C@@](C)([C@H]1CC[C@](O)(CC)[C@H](C)O1)O2.[Na+]. The van der Waals surface area contributed by atoms with E-state index in [9.17, 15) is 29.7 Å². The minimum atomic E-state index is -1.32. The van der Waals surface area contributed by atoms with Gasteiger partial charge >= 0.3 is 35.6 Å². The minimum absolute atomic E-state index is 0. The van der Waals surface area contributed by atoms with Crippen molar-refractivity contribution in [1.82, 2.24) is 10.6 Å². The van der Waals surface area contributed by atoms with Crippen molar-refractivity contribution in [2.24, 2.45) is 41.4 Å². The summed E-state index contributed by atoms with van der Waals surface area (Å²) < 4.78 is 34.4. The Morgan fingerprint density at radius 3 is 2.20 bits per heavy atom. The van der Waals surface area contributed by atoms with E-state index in [0.717, 1.165) is 19.3 Å². The number of carbonyl (C=O) groups is 3. The van der Waals surface area contributed by atoms with Gasteiger partial charge in [0.15, 0.2) is 11.6 Å². The summed E-state index contributed by atoms with van der Waals surface area (Å²) in [4.78, 5) is 39.8. The maximum absolute atomic E-state index is 14.6. The summed E-state index contributed by atoms with van der Waals surface area (Å²) in [6.45, 7) is 22.2. The van der Waals surface area contributed by atoms with Crippen LogP contribution < -0.4 is 45.3 Å². The number of aliphatic hydroxyl groups is 2. The van der Waals surface area contributed by atoms with Crippen LogP contribution in [0, 0.1) is 41.4 Å². The Balaban J connectivity index is 0.00000819. The van der Waals surface area contributed by atoms with Crippen LogP contribution in [0.25, 0.3) is 0 Å². The van der Waals surface area contributed by atoms with Gasteiger partial charge in [0.05, 0.1) is 47.8 Å². The van der Waals surface area contributed by atoms with Crippen molar-refractivity contribution in [3.8, 4) is 0 Å². The third kappa shape index (κ3) is 10.9. The van der Waals surface area contributed by atoms with Crippen LogP contribution in [0.4, 0.5) is 4.79 Å². The van der Waals surface area contributed by atoms with Crippen molar-refractivity contribution >= 4 is 17.8 Å². The van der Waals surface area contributed by atoms with Gasteiger partial charge in [-0.3, -0.25) is 4.79 Å². The summed E-state index contributed by atoms with van der Waals surface area (Å²) in [5, 5.41) is 41.0. The van der Waals surface area contributed by atoms with Crippen LogP contribution in [0.5, 0.6) is 0 Å². The smallest absolute Gasteiger partial charge is 0.550 e. The molecule has 0 saturated carbocycles. The van der Waals surface area contributed by atoms with Gasteiger partial charge in [-0.2, -0.15) is 0 Å². The van der Waals surface area contributed by atoms with Crippen LogP contribution in [-0.2, 0) is 33.3 Å². The minimum Gasteiger partial charge on any atom is -0.550 e. The zero-order valence-electron chi connectivity index (χ0n) is 39.5. The van der Waals surface area contributed by atoms with E-state index in [1.165, 1.54) is 0 Å². The van der Waals surface area contributed by atoms with Crippen LogP contribution in [0.3, 0.4) is 0 Å². The van der Waals surface area contributed by atoms with Crippen molar-refractivity contribution in [2.75, 3.05) is 6.54 Å². The molecule has 4 N–H and O–H groups in total. The Morgan fingerprint density at radius 1 is 0.902 bits per heavy atom. The number of carboxylic acids is 1. The van der Waals surface area contributed by atoms with Crippen LogP contribution in [0.15, 0.2) is 12.2 Å². The molecule has 0 aromatic heterocycles. The average Bonchev–Trinajstić information content (AvgIpc) is 3.55. The molecule has 0 radical (unpaired) electrons. The number of carboxylic acid groups (broad SMARTS) is 1. The number of urea groups is 1. The standard InChI is InChI=1S/C47H80N2O11.Na/c1-12-16-25-48-43(54)49-36-19-22-46(60-47(36)24-23-44(11,59-47)37-20-21-45(55,15-4)32(10)56-37)29(7)26-28(6)41(58-46)34(14-3)39(51)30(8)38(50)31(9)40-27(5)17-18-35(57-40)33(13-2)42(52)53;/h19,22,27-38,40-41,50,55H,12-18,20-21,23-26H2,1-11H3,(H,52,53)(H2,48,49,54);/q;+1/p-1/t27-,28-,29+,30-,31-,32-,33+,34-,35+,36-,37+,38+,40+,41-,44-,45+,46-,47-;/m0./s1. The van der Waals surface area contributed by atoms with Gasteiger partial charge in [0.2, 0.25) is 0 Å². The fourth-order valence-electron chi connectivity index (χ4n) is 11.2. The molecule has 14 heteroatoms. The summed E-state index contributed by atoms with van der Waals surface area (Å²) in [7, 11) is 0. The second kappa shape index (κ2) is 21.5. The molecule has 0 unspecified atom stereocenters. The summed E-state index contributed by atoms with van der Waals surface area (Å²) in [5.74, 6) is -6.36. The van der Waals surface area contributed by atoms with Crippen molar-refractivity contribution in [1.29, 1.82) is 0 Å². The molecule has 5 aliphatic rings. The van der Waals surface area contributed by atoms with Crippen molar-refractivity contribution in [3.63, 3.8) is 0 Å². The molecule has 61 heavy (non-hydrogen) atoms. The quantitative estimate of drug-likeness (QED) is 0.102. The molecule has 2 spiro atoms. The van der Waals surface area contributed by atoms with E-state index < -0.39 is 82.9 Å². The summed E-state index contributed by atoms with van der Waals surface area (Å²) in [6, 6.07) is -0.975. The number of amides is 2. The molecular weight excluding hydrogens is 792 g/mol. The number of hydrogen-bond donors (Lipinski definition) is 4. The van der Waals surface area contributed by atoms with Gasteiger partial charge in [-0.25, -0.2) is 4.79 Å². The van der Waals surface area contributed by atoms with Gasteiger partial charge < -0.3 is 54.4 Å². The molecule has 5 rings (SSSR count). The maximum atomic E-state index is 14.6. The van der Waals surface area contributed by atoms with Crippen LogP contribution in [0.1, 0.15) is 153 Å². The normalized spacial score (nSPS) is 41.3. The van der Waals surface area contributed by atoms with E-state index in [2.05, 4.69) is 38.3 Å². The molecule has 2 amide bonds. The first-order chi connectivity index (χ1) is 28.2. The first kappa shape index (κ1) is 52.5. The first-order valence-corrected chi connectivity index (χ1v) is 23.5. The Hall–Kier alpha value is -1.13. The molecule has 13 nitrogen and oxygen atoms in total. The summed E-state index contributed by atoms with van der Waals surface area (Å²) >= 11 is 0. The van der Waals surface area contributed by atoms with E-state index >= 15 is 0 Å². The fourth-order valence-corrected chi connectivity index (χ4v) is 11.2. The van der Waals surface area contributed by atoms with Crippen LogP contribution in [-0.4, -0.2) is 100.0 Å². The number of rotatable bonds is 16. The molecule has 0 aromatic rings. The van der Waals surface area contributed by atoms with Crippen molar-refractivity contribution in [2.45, 2.75) is 219 Å². The largest absolute Gasteiger partial charge is 1.00 e. The van der Waals surface area contributed by atoms with E-state index in [0.29, 0.717) is 64.3 Å². The van der Waals surface area contributed by atoms with Gasteiger partial charge in [0.1, 0.15) is 11.8 Å². The Morgan fingerprint density at radius 2 is 1.59 bits per heavy atom. The molecule has 18 atom stereocenters. The van der Waals surface area contributed by atoms with E-state index in [1.54, 1.807) is 6.92 Å². The Kier molecular flexibility index (Phi) is 18.5. The Bertz CT molecular complexity index is 1520. The van der Waals surface area contributed by atoms with Gasteiger partial charge in [0, 0.05) is 48.5 Å². The third-order valence-corrected chi connectivity index (χ3v) is 15.6. The number of ketones is 1. The Labute approximate surface area is 388 Å². The van der Waals surface area contributed by atoms with Crippen LogP contribution >= 0.6 is 0 Å². The maximum Gasteiger partial charge on any atom is 1.00 e. The van der Waals surface area contributed by atoms with E-state index in [1.807, 2.05) is 53.7 Å². The zero-order chi connectivity index (χ0) is 44.4. The monoisotopic (exact) mass is 871 g/mol. The van der Waals surface area contributed by atoms with Gasteiger partial charge in [-0.15, -0.1) is 0 Å². The number of aliphatic hydroxyl groups excluding tert-OH is 1. The number of unbranched alkanes of at least 4 members (excludes halogenated alkanes) is 1. The van der Waals surface area contributed by atoms with Gasteiger partial charge in [-0.1, -0.05) is 74.8 Å². The number of nitrogens with one attached hydrogen (secondary N) is 2. The molecule has 4 saturated heterocycles. The topological polar surface area (TPSA) is 185 Å².